The summed E-state index contributed by atoms with van der Waals surface area (Å²) in [4.78, 5) is 2.56. The third kappa shape index (κ3) is 7.67. The molecular weight excluding hydrogens is 374 g/mol. The molecule has 0 N–H and O–H groups in total. The molecule has 0 spiro atoms. The first-order valence-corrected chi connectivity index (χ1v) is 12.0. The van der Waals surface area contributed by atoms with Crippen LogP contribution in [-0.4, -0.2) is 4.90 Å². The maximum Gasteiger partial charge on any atom is 0.0240 e. The van der Waals surface area contributed by atoms with Gasteiger partial charge in [0.1, 0.15) is 0 Å². The van der Waals surface area contributed by atoms with Crippen molar-refractivity contribution in [2.24, 2.45) is 5.92 Å². The van der Waals surface area contributed by atoms with Crippen molar-refractivity contribution in [1.29, 1.82) is 0 Å². The molecule has 3 aromatic carbocycles. The maximum absolute atomic E-state index is 2.56. The van der Waals surface area contributed by atoms with Crippen LogP contribution in [0.15, 0.2) is 72.8 Å². The maximum atomic E-state index is 2.56. The fraction of sp³-hybridized carbons (Fsp3) is 0.400. The molecule has 0 aliphatic heterocycles. The van der Waals surface area contributed by atoms with Gasteiger partial charge in [-0.05, 0) is 58.6 Å². The normalized spacial score (nSPS) is 11.4. The second-order valence-electron chi connectivity index (χ2n) is 9.30. The van der Waals surface area contributed by atoms with E-state index < -0.39 is 0 Å². The van der Waals surface area contributed by atoms with E-state index in [-0.39, 0.29) is 0 Å². The predicted molar refractivity (Wildman–Crippen MR) is 134 cm³/mol. The lowest BCUT2D eigenvalue weighted by Gasteiger charge is -2.23. The monoisotopic (exact) mass is 413 g/mol. The molecule has 0 aromatic heterocycles. The van der Waals surface area contributed by atoms with Crippen LogP contribution in [0.25, 0.3) is 0 Å². The molecule has 164 valence electrons. The zero-order chi connectivity index (χ0) is 22.1. The van der Waals surface area contributed by atoms with Gasteiger partial charge < -0.3 is 0 Å². The summed E-state index contributed by atoms with van der Waals surface area (Å²) in [5.41, 5.74) is 8.45. The van der Waals surface area contributed by atoms with E-state index in [4.69, 9.17) is 0 Å². The van der Waals surface area contributed by atoms with E-state index in [0.29, 0.717) is 5.92 Å². The molecule has 0 aliphatic rings. The van der Waals surface area contributed by atoms with Gasteiger partial charge in [-0.15, -0.1) is 0 Å². The Morgan fingerprint density at radius 1 is 0.548 bits per heavy atom. The minimum atomic E-state index is 0.698. The summed E-state index contributed by atoms with van der Waals surface area (Å²) >= 11 is 0. The lowest BCUT2D eigenvalue weighted by molar-refractivity contribution is 0.247. The van der Waals surface area contributed by atoms with Crippen LogP contribution in [0.5, 0.6) is 0 Å². The Balaban J connectivity index is 1.73. The van der Waals surface area contributed by atoms with E-state index in [1.54, 1.807) is 0 Å². The van der Waals surface area contributed by atoms with Crippen molar-refractivity contribution in [1.82, 2.24) is 4.90 Å². The van der Waals surface area contributed by atoms with Gasteiger partial charge >= 0.3 is 0 Å². The molecule has 0 fully saturated rings. The summed E-state index contributed by atoms with van der Waals surface area (Å²) in [5.74, 6) is 0.698. The smallest absolute Gasteiger partial charge is 0.0240 e. The van der Waals surface area contributed by atoms with Gasteiger partial charge in [-0.2, -0.15) is 0 Å². The zero-order valence-corrected chi connectivity index (χ0v) is 19.9. The van der Waals surface area contributed by atoms with Crippen LogP contribution in [0, 0.1) is 5.92 Å². The zero-order valence-electron chi connectivity index (χ0n) is 19.9. The van der Waals surface area contributed by atoms with Gasteiger partial charge in [0.25, 0.3) is 0 Å². The van der Waals surface area contributed by atoms with Gasteiger partial charge in [0.15, 0.2) is 0 Å². The van der Waals surface area contributed by atoms with Crippen molar-refractivity contribution in [2.75, 3.05) is 0 Å². The molecule has 0 saturated heterocycles. The van der Waals surface area contributed by atoms with E-state index in [1.165, 1.54) is 39.8 Å². The van der Waals surface area contributed by atoms with Crippen molar-refractivity contribution in [2.45, 2.75) is 73.0 Å². The highest BCUT2D eigenvalue weighted by Crippen LogP contribution is 2.17. The summed E-state index contributed by atoms with van der Waals surface area (Å²) < 4.78 is 0. The summed E-state index contributed by atoms with van der Waals surface area (Å²) in [6.45, 7) is 11.9. The van der Waals surface area contributed by atoms with E-state index in [9.17, 15) is 0 Å². The van der Waals surface area contributed by atoms with Crippen molar-refractivity contribution in [3.63, 3.8) is 0 Å². The molecular formula is C30H39N. The highest BCUT2D eigenvalue weighted by Gasteiger charge is 2.10. The van der Waals surface area contributed by atoms with Gasteiger partial charge in [-0.25, -0.2) is 0 Å². The molecule has 0 heterocycles. The fourth-order valence-corrected chi connectivity index (χ4v) is 4.17. The number of rotatable bonds is 11. The molecule has 0 amide bonds. The lowest BCUT2D eigenvalue weighted by Crippen LogP contribution is -2.22. The van der Waals surface area contributed by atoms with Crippen molar-refractivity contribution in [3.8, 4) is 0 Å². The number of nitrogens with zero attached hydrogens (tertiary/aromatic N) is 1. The summed E-state index contributed by atoms with van der Waals surface area (Å²) in [6, 6.07) is 27.6. The van der Waals surface area contributed by atoms with Crippen molar-refractivity contribution >= 4 is 0 Å². The summed E-state index contributed by atoms with van der Waals surface area (Å²) in [7, 11) is 0. The largest absolute Gasteiger partial charge is 0.291 e. The Morgan fingerprint density at radius 2 is 0.935 bits per heavy atom. The van der Waals surface area contributed by atoms with Crippen LogP contribution in [0.1, 0.15) is 67.5 Å². The minimum absolute atomic E-state index is 0.698. The topological polar surface area (TPSA) is 3.24 Å². The van der Waals surface area contributed by atoms with Crippen LogP contribution in [0.4, 0.5) is 0 Å². The molecule has 0 saturated carbocycles. The quantitative estimate of drug-likeness (QED) is 0.313. The number of aryl methyl sites for hydroxylation is 2. The Bertz CT molecular complexity index is 889. The van der Waals surface area contributed by atoms with Gasteiger partial charge in [0.05, 0.1) is 0 Å². The first-order chi connectivity index (χ1) is 15.1. The molecule has 0 radical (unpaired) electrons. The van der Waals surface area contributed by atoms with Crippen molar-refractivity contribution in [3.05, 3.63) is 106 Å². The van der Waals surface area contributed by atoms with Crippen LogP contribution in [0.3, 0.4) is 0 Å². The fourth-order valence-electron chi connectivity index (χ4n) is 4.17. The third-order valence-electron chi connectivity index (χ3n) is 5.88. The van der Waals surface area contributed by atoms with E-state index in [0.717, 1.165) is 38.9 Å². The SMILES string of the molecule is CCCc1ccc(CN(Cc2ccc(CC)cc2)Cc2ccc(CC(C)C)cc2)cc1. The molecule has 1 nitrogen and oxygen atoms in total. The van der Waals surface area contributed by atoms with E-state index in [1.807, 2.05) is 0 Å². The van der Waals surface area contributed by atoms with Crippen LogP contribution in [-0.2, 0) is 38.9 Å². The van der Waals surface area contributed by atoms with Gasteiger partial charge in [-0.1, -0.05) is 107 Å². The summed E-state index contributed by atoms with van der Waals surface area (Å²) in [6.07, 6.45) is 4.61. The Hall–Kier alpha value is -2.38. The standard InChI is InChI=1S/C30H39N/c1-5-7-26-10-16-29(17-11-26)22-31(21-28-14-8-25(6-2)9-15-28)23-30-18-12-27(13-19-30)20-24(3)4/h8-19,24H,5-7,20-23H2,1-4H3. The second-order valence-corrected chi connectivity index (χ2v) is 9.30. The molecule has 3 rings (SSSR count). The second kappa shape index (κ2) is 11.9. The minimum Gasteiger partial charge on any atom is -0.291 e. The van der Waals surface area contributed by atoms with Crippen molar-refractivity contribution < 1.29 is 0 Å². The first kappa shape index (κ1) is 23.3. The Kier molecular flexibility index (Phi) is 8.91. The molecule has 0 atom stereocenters. The molecule has 0 aliphatic carbocycles. The number of hydrogen-bond donors (Lipinski definition) is 0. The van der Waals surface area contributed by atoms with Crippen LogP contribution in [0.2, 0.25) is 0 Å². The molecule has 0 bridgehead atoms. The lowest BCUT2D eigenvalue weighted by atomic mass is 10.0. The average molecular weight is 414 g/mol. The molecule has 0 unspecified atom stereocenters. The van der Waals surface area contributed by atoms with E-state index >= 15 is 0 Å². The Labute approximate surface area is 190 Å². The molecule has 31 heavy (non-hydrogen) atoms. The van der Waals surface area contributed by atoms with Gasteiger partial charge in [0, 0.05) is 19.6 Å². The summed E-state index contributed by atoms with van der Waals surface area (Å²) in [5, 5.41) is 0. The van der Waals surface area contributed by atoms with E-state index in [2.05, 4.69) is 105 Å². The number of hydrogen-bond acceptors (Lipinski definition) is 1. The molecule has 3 aromatic rings. The van der Waals surface area contributed by atoms with Crippen LogP contribution >= 0.6 is 0 Å². The predicted octanol–water partition coefficient (Wildman–Crippen LogP) is 7.60. The van der Waals surface area contributed by atoms with Gasteiger partial charge in [-0.3, -0.25) is 4.90 Å². The highest BCUT2D eigenvalue weighted by molar-refractivity contribution is 5.26. The highest BCUT2D eigenvalue weighted by atomic mass is 15.1. The first-order valence-electron chi connectivity index (χ1n) is 12.0. The number of benzene rings is 3. The third-order valence-corrected chi connectivity index (χ3v) is 5.88. The van der Waals surface area contributed by atoms with Crippen LogP contribution < -0.4 is 0 Å². The Morgan fingerprint density at radius 3 is 1.32 bits per heavy atom. The molecule has 1 heteroatoms. The van der Waals surface area contributed by atoms with Gasteiger partial charge in [0.2, 0.25) is 0 Å². The average Bonchev–Trinajstić information content (AvgIpc) is 2.77.